The standard InChI is InChI=1S/C19H17Cl2F3N4O4S/c20-14-3-1-2-13(16(14)21)18(30)26-33(31,32)28-8-6-27(7-9-28)15-10-11(19(22,23)24)4-5-12(15)17(25)29/h1-5,10H,6-9H2,(H2,25,29)(H,26,30). The third kappa shape index (κ3) is 5.52. The molecule has 1 aliphatic rings. The molecular formula is C19H17Cl2F3N4O4S. The van der Waals surface area contributed by atoms with Crippen molar-refractivity contribution in [3.8, 4) is 0 Å². The lowest BCUT2D eigenvalue weighted by Crippen LogP contribution is -2.53. The molecule has 1 fully saturated rings. The Balaban J connectivity index is 1.76. The van der Waals surface area contributed by atoms with E-state index in [9.17, 15) is 31.2 Å². The molecule has 0 spiro atoms. The highest BCUT2D eigenvalue weighted by Gasteiger charge is 2.34. The van der Waals surface area contributed by atoms with E-state index in [1.165, 1.54) is 23.1 Å². The van der Waals surface area contributed by atoms with Crippen LogP contribution in [0.15, 0.2) is 36.4 Å². The SMILES string of the molecule is NC(=O)c1ccc(C(F)(F)F)cc1N1CCN(S(=O)(=O)NC(=O)c2cccc(Cl)c2Cl)CC1. The zero-order chi connectivity index (χ0) is 24.6. The highest BCUT2D eigenvalue weighted by atomic mass is 35.5. The number of hydrogen-bond donors (Lipinski definition) is 2. The van der Waals surface area contributed by atoms with Gasteiger partial charge in [0.1, 0.15) is 0 Å². The van der Waals surface area contributed by atoms with Crippen molar-refractivity contribution >= 4 is 50.9 Å². The predicted octanol–water partition coefficient (Wildman–Crippen LogP) is 2.91. The number of nitrogens with one attached hydrogen (secondary N) is 1. The van der Waals surface area contributed by atoms with Crippen molar-refractivity contribution in [2.45, 2.75) is 6.18 Å². The first-order valence-corrected chi connectivity index (χ1v) is 11.5. The van der Waals surface area contributed by atoms with Crippen LogP contribution in [0, 0.1) is 0 Å². The van der Waals surface area contributed by atoms with Crippen LogP contribution in [0.25, 0.3) is 0 Å². The third-order valence-electron chi connectivity index (χ3n) is 4.93. The second kappa shape index (κ2) is 9.37. The van der Waals surface area contributed by atoms with E-state index in [4.69, 9.17) is 28.9 Å². The van der Waals surface area contributed by atoms with Gasteiger partial charge in [-0.3, -0.25) is 9.59 Å². The van der Waals surface area contributed by atoms with E-state index in [0.717, 1.165) is 22.5 Å². The van der Waals surface area contributed by atoms with Gasteiger partial charge in [-0.1, -0.05) is 29.3 Å². The Kier molecular flexibility index (Phi) is 7.13. The molecular weight excluding hydrogens is 508 g/mol. The van der Waals surface area contributed by atoms with Gasteiger partial charge in [0.15, 0.2) is 0 Å². The minimum atomic E-state index is -4.64. The van der Waals surface area contributed by atoms with Crippen molar-refractivity contribution in [2.24, 2.45) is 5.73 Å². The van der Waals surface area contributed by atoms with Gasteiger partial charge < -0.3 is 10.6 Å². The van der Waals surface area contributed by atoms with E-state index in [-0.39, 0.29) is 53.0 Å². The summed E-state index contributed by atoms with van der Waals surface area (Å²) in [5, 5.41) is -0.0399. The first-order valence-electron chi connectivity index (χ1n) is 9.33. The molecule has 178 valence electrons. The Morgan fingerprint density at radius 2 is 1.64 bits per heavy atom. The fourth-order valence-electron chi connectivity index (χ4n) is 3.26. The predicted molar refractivity (Wildman–Crippen MR) is 117 cm³/mol. The van der Waals surface area contributed by atoms with Gasteiger partial charge >= 0.3 is 16.4 Å². The summed E-state index contributed by atoms with van der Waals surface area (Å²) in [4.78, 5) is 25.5. The van der Waals surface area contributed by atoms with Gasteiger partial charge in [-0.25, -0.2) is 4.72 Å². The second-order valence-electron chi connectivity index (χ2n) is 7.02. The number of rotatable bonds is 5. The number of primary amides is 1. The van der Waals surface area contributed by atoms with Crippen LogP contribution in [0.1, 0.15) is 26.3 Å². The zero-order valence-electron chi connectivity index (χ0n) is 16.7. The molecule has 3 N–H and O–H groups in total. The fourth-order valence-corrected chi connectivity index (χ4v) is 4.77. The van der Waals surface area contributed by atoms with E-state index in [1.54, 1.807) is 0 Å². The van der Waals surface area contributed by atoms with E-state index in [2.05, 4.69) is 0 Å². The number of halogens is 5. The molecule has 2 aromatic rings. The van der Waals surface area contributed by atoms with Crippen LogP contribution < -0.4 is 15.4 Å². The van der Waals surface area contributed by atoms with Gasteiger partial charge in [0.25, 0.3) is 11.8 Å². The van der Waals surface area contributed by atoms with Crippen molar-refractivity contribution in [3.63, 3.8) is 0 Å². The Labute approximate surface area is 197 Å². The lowest BCUT2D eigenvalue weighted by Gasteiger charge is -2.36. The Bertz CT molecular complexity index is 1200. The quantitative estimate of drug-likeness (QED) is 0.624. The second-order valence-corrected chi connectivity index (χ2v) is 9.47. The molecule has 0 saturated carbocycles. The summed E-state index contributed by atoms with van der Waals surface area (Å²) in [5.74, 6) is -1.90. The first-order chi connectivity index (χ1) is 15.3. The normalized spacial score (nSPS) is 15.4. The van der Waals surface area contributed by atoms with E-state index >= 15 is 0 Å². The van der Waals surface area contributed by atoms with Gasteiger partial charge in [-0.2, -0.15) is 25.9 Å². The highest BCUT2D eigenvalue weighted by Crippen LogP contribution is 2.34. The van der Waals surface area contributed by atoms with Crippen LogP contribution in [0.5, 0.6) is 0 Å². The average Bonchev–Trinajstić information content (AvgIpc) is 2.74. The van der Waals surface area contributed by atoms with Gasteiger partial charge in [-0.15, -0.1) is 0 Å². The summed E-state index contributed by atoms with van der Waals surface area (Å²) in [6.07, 6.45) is -4.64. The van der Waals surface area contributed by atoms with E-state index in [1.807, 2.05) is 4.72 Å². The topological polar surface area (TPSA) is 113 Å². The number of alkyl halides is 3. The molecule has 0 aliphatic carbocycles. The molecule has 0 radical (unpaired) electrons. The van der Waals surface area contributed by atoms with Crippen LogP contribution in [-0.2, 0) is 16.4 Å². The number of benzene rings is 2. The first kappa shape index (κ1) is 25.1. The van der Waals surface area contributed by atoms with Crippen molar-refractivity contribution < 1.29 is 31.2 Å². The van der Waals surface area contributed by atoms with Gasteiger partial charge in [0.2, 0.25) is 0 Å². The Morgan fingerprint density at radius 1 is 1.00 bits per heavy atom. The van der Waals surface area contributed by atoms with Crippen LogP contribution >= 0.6 is 23.2 Å². The molecule has 2 amide bonds. The molecule has 1 saturated heterocycles. The lowest BCUT2D eigenvalue weighted by atomic mass is 10.1. The molecule has 33 heavy (non-hydrogen) atoms. The number of carbonyl (C=O) groups excluding carboxylic acids is 2. The highest BCUT2D eigenvalue weighted by molar-refractivity contribution is 7.87. The number of hydrogen-bond acceptors (Lipinski definition) is 5. The monoisotopic (exact) mass is 524 g/mol. The minimum absolute atomic E-state index is 0.0470. The third-order valence-corrected chi connectivity index (χ3v) is 7.23. The molecule has 0 aromatic heterocycles. The van der Waals surface area contributed by atoms with Crippen LogP contribution in [0.3, 0.4) is 0 Å². The molecule has 0 atom stereocenters. The number of nitrogens with zero attached hydrogens (tertiary/aromatic N) is 2. The number of anilines is 1. The summed E-state index contributed by atoms with van der Waals surface area (Å²) in [6.45, 7) is -0.427. The summed E-state index contributed by atoms with van der Waals surface area (Å²) in [5.41, 5.74) is 4.01. The molecule has 1 aliphatic heterocycles. The summed E-state index contributed by atoms with van der Waals surface area (Å²) < 4.78 is 67.5. The molecule has 1 heterocycles. The van der Waals surface area contributed by atoms with Crippen LogP contribution in [-0.4, -0.2) is 50.7 Å². The van der Waals surface area contributed by atoms with Gasteiger partial charge in [-0.05, 0) is 30.3 Å². The van der Waals surface area contributed by atoms with E-state index in [0.29, 0.717) is 0 Å². The Hall–Kier alpha value is -2.54. The zero-order valence-corrected chi connectivity index (χ0v) is 19.0. The number of amides is 2. The summed E-state index contributed by atoms with van der Waals surface area (Å²) in [6, 6.07) is 6.70. The number of nitrogens with two attached hydrogens (primary N) is 1. The smallest absolute Gasteiger partial charge is 0.368 e. The molecule has 8 nitrogen and oxygen atoms in total. The maximum absolute atomic E-state index is 13.1. The lowest BCUT2D eigenvalue weighted by molar-refractivity contribution is -0.137. The summed E-state index contributed by atoms with van der Waals surface area (Å²) >= 11 is 11.8. The number of piperazine rings is 1. The maximum atomic E-state index is 13.1. The van der Waals surface area contributed by atoms with Crippen molar-refractivity contribution in [3.05, 3.63) is 63.1 Å². The maximum Gasteiger partial charge on any atom is 0.416 e. The molecule has 0 unspecified atom stereocenters. The van der Waals surface area contributed by atoms with Crippen LogP contribution in [0.4, 0.5) is 18.9 Å². The largest absolute Gasteiger partial charge is 0.416 e. The average molecular weight is 525 g/mol. The van der Waals surface area contributed by atoms with Crippen LogP contribution in [0.2, 0.25) is 10.0 Å². The number of carbonyl (C=O) groups is 2. The van der Waals surface area contributed by atoms with Crippen molar-refractivity contribution in [2.75, 3.05) is 31.1 Å². The molecule has 0 bridgehead atoms. The minimum Gasteiger partial charge on any atom is -0.368 e. The molecule has 2 aromatic carbocycles. The van der Waals surface area contributed by atoms with Crippen molar-refractivity contribution in [1.29, 1.82) is 0 Å². The Morgan fingerprint density at radius 3 is 2.21 bits per heavy atom. The molecule has 14 heteroatoms. The summed E-state index contributed by atoms with van der Waals surface area (Å²) in [7, 11) is -4.29. The van der Waals surface area contributed by atoms with E-state index < -0.39 is 33.8 Å². The van der Waals surface area contributed by atoms with Gasteiger partial charge in [0.05, 0.1) is 32.4 Å². The molecule has 3 rings (SSSR count). The van der Waals surface area contributed by atoms with Gasteiger partial charge in [0, 0.05) is 26.2 Å². The fraction of sp³-hybridized carbons (Fsp3) is 0.263. The van der Waals surface area contributed by atoms with Crippen molar-refractivity contribution in [1.82, 2.24) is 9.03 Å².